The second-order valence-electron chi connectivity index (χ2n) is 8.28. The van der Waals surface area contributed by atoms with Gasteiger partial charge in [-0.05, 0) is 78.6 Å². The molecule has 1 aromatic heterocycles. The molecule has 0 spiro atoms. The number of aromatic nitrogens is 2. The zero-order valence-corrected chi connectivity index (χ0v) is 19.6. The summed E-state index contributed by atoms with van der Waals surface area (Å²) in [5.41, 5.74) is 5.35. The number of nitrogens with zero attached hydrogens (tertiary/aromatic N) is 4. The standard InChI is InChI=1S/C28H25FN4O2/c1-20-14-28(35-13-12-32(2)27-16-22(18-30)6-9-26(27)29)24(19-34)17-23(20)15-21-4-7-25(8-5-21)33-11-3-10-31-33/h3-11,14,16-17,19H,12-13,15H2,1-2H3. The molecule has 0 atom stereocenters. The van der Waals surface area contributed by atoms with Gasteiger partial charge in [0.1, 0.15) is 18.2 Å². The molecule has 3 aromatic carbocycles. The molecular formula is C28H25FN4O2. The molecule has 6 nitrogen and oxygen atoms in total. The third kappa shape index (κ3) is 5.56. The molecule has 0 aliphatic carbocycles. The van der Waals surface area contributed by atoms with Crippen molar-refractivity contribution in [3.05, 3.63) is 107 Å². The molecule has 0 aliphatic heterocycles. The lowest BCUT2D eigenvalue weighted by molar-refractivity contribution is 0.111. The first-order valence-electron chi connectivity index (χ1n) is 11.2. The summed E-state index contributed by atoms with van der Waals surface area (Å²) in [5, 5.41) is 13.3. The van der Waals surface area contributed by atoms with Crippen LogP contribution in [0.25, 0.3) is 5.69 Å². The van der Waals surface area contributed by atoms with Crippen molar-refractivity contribution in [1.82, 2.24) is 9.78 Å². The second-order valence-corrected chi connectivity index (χ2v) is 8.28. The van der Waals surface area contributed by atoms with Crippen molar-refractivity contribution in [3.63, 3.8) is 0 Å². The lowest BCUT2D eigenvalue weighted by Crippen LogP contribution is -2.25. The number of hydrogen-bond acceptors (Lipinski definition) is 5. The lowest BCUT2D eigenvalue weighted by Gasteiger charge is -2.21. The van der Waals surface area contributed by atoms with E-state index in [1.54, 1.807) is 22.8 Å². The average Bonchev–Trinajstić information content (AvgIpc) is 3.41. The summed E-state index contributed by atoms with van der Waals surface area (Å²) < 4.78 is 21.8. The molecule has 4 aromatic rings. The van der Waals surface area contributed by atoms with E-state index in [-0.39, 0.29) is 6.61 Å². The maximum Gasteiger partial charge on any atom is 0.153 e. The van der Waals surface area contributed by atoms with Crippen LogP contribution < -0.4 is 9.64 Å². The first-order chi connectivity index (χ1) is 17.0. The zero-order valence-electron chi connectivity index (χ0n) is 19.6. The van der Waals surface area contributed by atoms with Crippen molar-refractivity contribution in [1.29, 1.82) is 5.26 Å². The number of rotatable bonds is 9. The molecule has 0 N–H and O–H groups in total. The average molecular weight is 469 g/mol. The summed E-state index contributed by atoms with van der Waals surface area (Å²) in [7, 11) is 1.73. The highest BCUT2D eigenvalue weighted by Crippen LogP contribution is 2.25. The van der Waals surface area contributed by atoms with E-state index in [1.807, 2.05) is 49.5 Å². The number of carbonyl (C=O) groups excluding carboxylic acids is 1. The summed E-state index contributed by atoms with van der Waals surface area (Å²) in [4.78, 5) is 13.5. The molecule has 1 heterocycles. The van der Waals surface area contributed by atoms with Crippen molar-refractivity contribution in [2.45, 2.75) is 13.3 Å². The fourth-order valence-electron chi connectivity index (χ4n) is 3.85. The summed E-state index contributed by atoms with van der Waals surface area (Å²) >= 11 is 0. The van der Waals surface area contributed by atoms with Crippen LogP contribution in [0.5, 0.6) is 5.75 Å². The third-order valence-corrected chi connectivity index (χ3v) is 5.87. The Kier molecular flexibility index (Phi) is 7.22. The van der Waals surface area contributed by atoms with Gasteiger partial charge in [-0.3, -0.25) is 4.79 Å². The Morgan fingerprint density at radius 1 is 1.17 bits per heavy atom. The Morgan fingerprint density at radius 3 is 2.66 bits per heavy atom. The summed E-state index contributed by atoms with van der Waals surface area (Å²) in [6.45, 7) is 2.62. The van der Waals surface area contributed by atoms with E-state index in [4.69, 9.17) is 10.00 Å². The number of aryl methyl sites for hydroxylation is 1. The molecule has 0 aliphatic rings. The first-order valence-corrected chi connectivity index (χ1v) is 11.2. The molecule has 0 fully saturated rings. The Labute approximate surface area is 203 Å². The maximum absolute atomic E-state index is 14.2. The van der Waals surface area contributed by atoms with E-state index >= 15 is 0 Å². The number of nitriles is 1. The highest BCUT2D eigenvalue weighted by atomic mass is 19.1. The van der Waals surface area contributed by atoms with Crippen molar-refractivity contribution in [2.24, 2.45) is 0 Å². The molecule has 0 saturated carbocycles. The maximum atomic E-state index is 14.2. The van der Waals surface area contributed by atoms with Crippen molar-refractivity contribution < 1.29 is 13.9 Å². The van der Waals surface area contributed by atoms with Gasteiger partial charge in [0.25, 0.3) is 0 Å². The van der Waals surface area contributed by atoms with E-state index in [1.165, 1.54) is 18.2 Å². The van der Waals surface area contributed by atoms with E-state index in [9.17, 15) is 9.18 Å². The Morgan fingerprint density at radius 2 is 1.97 bits per heavy atom. The number of halogens is 1. The van der Waals surface area contributed by atoms with Gasteiger partial charge in [-0.1, -0.05) is 12.1 Å². The van der Waals surface area contributed by atoms with Crippen LogP contribution in [-0.4, -0.2) is 36.3 Å². The Bertz CT molecular complexity index is 1360. The molecule has 0 radical (unpaired) electrons. The van der Waals surface area contributed by atoms with Crippen molar-refractivity contribution >= 4 is 12.0 Å². The Hall–Kier alpha value is -4.44. The normalized spacial score (nSPS) is 10.6. The molecule has 0 amide bonds. The summed E-state index contributed by atoms with van der Waals surface area (Å²) in [6, 6.07) is 20.0. The molecule has 0 bridgehead atoms. The fraction of sp³-hybridized carbons (Fsp3) is 0.179. The number of carbonyl (C=O) groups is 1. The van der Waals surface area contributed by atoms with Gasteiger partial charge in [-0.15, -0.1) is 0 Å². The van der Waals surface area contributed by atoms with Gasteiger partial charge >= 0.3 is 0 Å². The molecule has 0 saturated heterocycles. The topological polar surface area (TPSA) is 71.2 Å². The molecular weight excluding hydrogens is 443 g/mol. The van der Waals surface area contributed by atoms with E-state index < -0.39 is 5.82 Å². The first kappa shape index (κ1) is 23.7. The van der Waals surface area contributed by atoms with Crippen LogP contribution >= 0.6 is 0 Å². The van der Waals surface area contributed by atoms with Gasteiger partial charge in [-0.2, -0.15) is 10.4 Å². The van der Waals surface area contributed by atoms with E-state index in [0.717, 1.165) is 28.7 Å². The van der Waals surface area contributed by atoms with Crippen LogP contribution in [0.1, 0.15) is 32.6 Å². The fourth-order valence-corrected chi connectivity index (χ4v) is 3.85. The predicted molar refractivity (Wildman–Crippen MR) is 133 cm³/mol. The Balaban J connectivity index is 1.42. The van der Waals surface area contributed by atoms with Crippen LogP contribution in [0, 0.1) is 24.1 Å². The zero-order chi connectivity index (χ0) is 24.8. The largest absolute Gasteiger partial charge is 0.491 e. The highest BCUT2D eigenvalue weighted by Gasteiger charge is 2.12. The summed E-state index contributed by atoms with van der Waals surface area (Å²) in [5.74, 6) is 0.0906. The number of hydrogen-bond donors (Lipinski definition) is 0. The number of benzene rings is 3. The van der Waals surface area contributed by atoms with Crippen LogP contribution in [0.4, 0.5) is 10.1 Å². The minimum atomic E-state index is -0.405. The van der Waals surface area contributed by atoms with Gasteiger partial charge in [-0.25, -0.2) is 9.07 Å². The van der Waals surface area contributed by atoms with E-state index in [2.05, 4.69) is 17.2 Å². The molecule has 4 rings (SSSR count). The van der Waals surface area contributed by atoms with Crippen LogP contribution in [0.2, 0.25) is 0 Å². The lowest BCUT2D eigenvalue weighted by atomic mass is 9.97. The minimum Gasteiger partial charge on any atom is -0.491 e. The van der Waals surface area contributed by atoms with Gasteiger partial charge < -0.3 is 9.64 Å². The molecule has 176 valence electrons. The quantitative estimate of drug-likeness (QED) is 0.319. The number of anilines is 1. The third-order valence-electron chi connectivity index (χ3n) is 5.87. The van der Waals surface area contributed by atoms with Gasteiger partial charge in [0.05, 0.1) is 35.1 Å². The number of aldehydes is 1. The molecule has 35 heavy (non-hydrogen) atoms. The monoisotopic (exact) mass is 468 g/mol. The summed E-state index contributed by atoms with van der Waals surface area (Å²) in [6.07, 6.45) is 5.11. The van der Waals surface area contributed by atoms with Crippen LogP contribution in [0.3, 0.4) is 0 Å². The SMILES string of the molecule is Cc1cc(OCCN(C)c2cc(C#N)ccc2F)c(C=O)cc1Cc1ccc(-n2cccn2)cc1. The van der Waals surface area contributed by atoms with E-state index in [0.29, 0.717) is 35.5 Å². The molecule has 0 unspecified atom stereocenters. The van der Waals surface area contributed by atoms with Gasteiger partial charge in [0, 0.05) is 19.4 Å². The minimum absolute atomic E-state index is 0.251. The number of likely N-dealkylation sites (N-methyl/N-ethyl adjacent to an activating group) is 1. The van der Waals surface area contributed by atoms with Crippen molar-refractivity contribution in [2.75, 3.05) is 25.1 Å². The van der Waals surface area contributed by atoms with Gasteiger partial charge in [0.15, 0.2) is 6.29 Å². The van der Waals surface area contributed by atoms with Crippen LogP contribution in [0.15, 0.2) is 73.1 Å². The number of ether oxygens (including phenoxy) is 1. The highest BCUT2D eigenvalue weighted by molar-refractivity contribution is 5.80. The van der Waals surface area contributed by atoms with Gasteiger partial charge in [0.2, 0.25) is 0 Å². The van der Waals surface area contributed by atoms with Crippen molar-refractivity contribution in [3.8, 4) is 17.5 Å². The van der Waals surface area contributed by atoms with Crippen LogP contribution in [-0.2, 0) is 6.42 Å². The second kappa shape index (κ2) is 10.7. The molecule has 7 heteroatoms. The predicted octanol–water partition coefficient (Wildman–Crippen LogP) is 5.11. The smallest absolute Gasteiger partial charge is 0.153 e.